The molecule has 0 fully saturated rings. The van der Waals surface area contributed by atoms with Gasteiger partial charge < -0.3 is 5.11 Å². The molecule has 0 radical (unpaired) electrons. The number of aliphatic hydroxyl groups is 1. The number of benzene rings is 1. The van der Waals surface area contributed by atoms with Crippen molar-refractivity contribution in [2.24, 2.45) is 0 Å². The molecule has 0 aliphatic rings. The Kier molecular flexibility index (Phi) is 7.44. The van der Waals surface area contributed by atoms with E-state index in [1.807, 2.05) is 24.3 Å². The fraction of sp³-hybridized carbons (Fsp3) is 0.278. The van der Waals surface area contributed by atoms with Gasteiger partial charge in [0.2, 0.25) is 0 Å². The number of hydrogen-bond donors (Lipinski definition) is 1. The maximum Gasteiger partial charge on any atom is 0.136 e. The van der Waals surface area contributed by atoms with Crippen LogP contribution in [0.5, 0.6) is 0 Å². The zero-order valence-corrected chi connectivity index (χ0v) is 15.0. The zero-order valence-electron chi connectivity index (χ0n) is 12.7. The van der Waals surface area contributed by atoms with Crippen LogP contribution in [0.3, 0.4) is 0 Å². The molecule has 1 aromatic carbocycles. The Balaban J connectivity index is 2.17. The third-order valence-corrected chi connectivity index (χ3v) is 4.97. The minimum Gasteiger partial charge on any atom is -0.388 e. The van der Waals surface area contributed by atoms with Crippen molar-refractivity contribution >= 4 is 35.0 Å². The normalized spacial score (nSPS) is 12.1. The molecular formula is C18H19Cl2NOS. The smallest absolute Gasteiger partial charge is 0.136 e. The predicted molar refractivity (Wildman–Crippen MR) is 99.3 cm³/mol. The van der Waals surface area contributed by atoms with E-state index in [2.05, 4.69) is 23.7 Å². The topological polar surface area (TPSA) is 33.1 Å². The number of unbranched alkanes of at least 4 members (excludes halogenated alkanes) is 1. The average molecular weight is 368 g/mol. The summed E-state index contributed by atoms with van der Waals surface area (Å²) in [5, 5.41) is 11.1. The first kappa shape index (κ1) is 18.3. The molecule has 1 aromatic heterocycles. The van der Waals surface area contributed by atoms with Crippen molar-refractivity contribution in [3.8, 4) is 0 Å². The molecule has 5 heteroatoms. The highest BCUT2D eigenvalue weighted by Crippen LogP contribution is 2.34. The number of rotatable bonds is 8. The minimum atomic E-state index is -0.640. The second-order valence-corrected chi connectivity index (χ2v) is 6.94. The second-order valence-electron chi connectivity index (χ2n) is 5.15. The van der Waals surface area contributed by atoms with Gasteiger partial charge >= 0.3 is 0 Å². The SMILES string of the molecule is C=CCCCC(O)c1c(CSc2ccccc2)cc(Cl)nc1Cl. The van der Waals surface area contributed by atoms with Crippen LogP contribution < -0.4 is 0 Å². The van der Waals surface area contributed by atoms with Crippen LogP contribution in [-0.4, -0.2) is 10.1 Å². The van der Waals surface area contributed by atoms with E-state index < -0.39 is 6.10 Å². The first-order valence-corrected chi connectivity index (χ1v) is 9.17. The van der Waals surface area contributed by atoms with E-state index >= 15 is 0 Å². The van der Waals surface area contributed by atoms with Crippen molar-refractivity contribution in [3.63, 3.8) is 0 Å². The Morgan fingerprint density at radius 2 is 2.00 bits per heavy atom. The Labute approximate surface area is 151 Å². The lowest BCUT2D eigenvalue weighted by molar-refractivity contribution is 0.164. The van der Waals surface area contributed by atoms with Crippen molar-refractivity contribution in [3.05, 3.63) is 70.5 Å². The number of halogens is 2. The summed E-state index contributed by atoms with van der Waals surface area (Å²) in [6.45, 7) is 3.70. The number of aromatic nitrogens is 1. The molecule has 1 unspecified atom stereocenters. The van der Waals surface area contributed by atoms with E-state index in [-0.39, 0.29) is 5.15 Å². The van der Waals surface area contributed by atoms with Gasteiger partial charge in [-0.25, -0.2) is 4.98 Å². The van der Waals surface area contributed by atoms with Crippen molar-refractivity contribution < 1.29 is 5.11 Å². The standard InChI is InChI=1S/C18H19Cl2NOS/c1-2-3-5-10-15(22)17-13(11-16(19)21-18(17)20)12-23-14-8-6-4-7-9-14/h2,4,6-9,11,15,22H,1,3,5,10,12H2. The van der Waals surface area contributed by atoms with E-state index in [0.29, 0.717) is 22.9 Å². The summed E-state index contributed by atoms with van der Waals surface area (Å²) in [5.41, 5.74) is 1.61. The molecular weight excluding hydrogens is 349 g/mol. The molecule has 1 heterocycles. The average Bonchev–Trinajstić information content (AvgIpc) is 2.53. The molecule has 0 saturated carbocycles. The third-order valence-electron chi connectivity index (χ3n) is 3.42. The lowest BCUT2D eigenvalue weighted by atomic mass is 10.0. The monoisotopic (exact) mass is 367 g/mol. The predicted octanol–water partition coefficient (Wildman–Crippen LogP) is 6.07. The molecule has 122 valence electrons. The molecule has 0 bridgehead atoms. The van der Waals surface area contributed by atoms with Gasteiger partial charge in [-0.15, -0.1) is 18.3 Å². The number of pyridine rings is 1. The van der Waals surface area contributed by atoms with Crippen LogP contribution >= 0.6 is 35.0 Å². The molecule has 1 atom stereocenters. The van der Waals surface area contributed by atoms with E-state index in [9.17, 15) is 5.11 Å². The summed E-state index contributed by atoms with van der Waals surface area (Å²) < 4.78 is 0. The molecule has 0 amide bonds. The van der Waals surface area contributed by atoms with E-state index in [0.717, 1.165) is 23.3 Å². The van der Waals surface area contributed by atoms with Crippen LogP contribution in [0.25, 0.3) is 0 Å². The van der Waals surface area contributed by atoms with Crippen LogP contribution in [0.2, 0.25) is 10.3 Å². The van der Waals surface area contributed by atoms with Gasteiger partial charge in [0.15, 0.2) is 0 Å². The quantitative estimate of drug-likeness (QED) is 0.266. The van der Waals surface area contributed by atoms with Crippen LogP contribution in [0.15, 0.2) is 53.9 Å². The summed E-state index contributed by atoms with van der Waals surface area (Å²) in [4.78, 5) is 5.24. The summed E-state index contributed by atoms with van der Waals surface area (Å²) in [7, 11) is 0. The van der Waals surface area contributed by atoms with Gasteiger partial charge in [-0.1, -0.05) is 47.5 Å². The van der Waals surface area contributed by atoms with Gasteiger partial charge in [-0.3, -0.25) is 0 Å². The Morgan fingerprint density at radius 1 is 1.26 bits per heavy atom. The van der Waals surface area contributed by atoms with Crippen molar-refractivity contribution in [1.29, 1.82) is 0 Å². The summed E-state index contributed by atoms with van der Waals surface area (Å²) >= 11 is 14.0. The maximum atomic E-state index is 10.5. The van der Waals surface area contributed by atoms with Crippen LogP contribution in [0, 0.1) is 0 Å². The lowest BCUT2D eigenvalue weighted by Crippen LogP contribution is -2.05. The lowest BCUT2D eigenvalue weighted by Gasteiger charge is -2.17. The molecule has 0 saturated heterocycles. The maximum absolute atomic E-state index is 10.5. The molecule has 0 aliphatic heterocycles. The number of allylic oxidation sites excluding steroid dienone is 1. The number of aliphatic hydroxyl groups excluding tert-OH is 1. The number of nitrogens with zero attached hydrogens (tertiary/aromatic N) is 1. The van der Waals surface area contributed by atoms with Gasteiger partial charge in [0.1, 0.15) is 10.3 Å². The highest BCUT2D eigenvalue weighted by atomic mass is 35.5. The van der Waals surface area contributed by atoms with Gasteiger partial charge in [0.25, 0.3) is 0 Å². The summed E-state index contributed by atoms with van der Waals surface area (Å²) in [6, 6.07) is 11.9. The van der Waals surface area contributed by atoms with E-state index in [1.54, 1.807) is 17.8 Å². The van der Waals surface area contributed by atoms with Gasteiger partial charge in [-0.2, -0.15) is 0 Å². The molecule has 0 aliphatic carbocycles. The fourth-order valence-electron chi connectivity index (χ4n) is 2.29. The van der Waals surface area contributed by atoms with Crippen molar-refractivity contribution in [2.45, 2.75) is 36.0 Å². The molecule has 0 spiro atoms. The summed E-state index contributed by atoms with van der Waals surface area (Å²) in [5.74, 6) is 0.680. The molecule has 2 rings (SSSR count). The Hall–Kier alpha value is -1.00. The highest BCUT2D eigenvalue weighted by molar-refractivity contribution is 7.98. The molecule has 2 nitrogen and oxygen atoms in total. The van der Waals surface area contributed by atoms with Gasteiger partial charge in [0, 0.05) is 16.2 Å². The van der Waals surface area contributed by atoms with Gasteiger partial charge in [0.05, 0.1) is 6.10 Å². The largest absolute Gasteiger partial charge is 0.388 e. The van der Waals surface area contributed by atoms with E-state index in [4.69, 9.17) is 23.2 Å². The van der Waals surface area contributed by atoms with Crippen LogP contribution in [0.4, 0.5) is 0 Å². The first-order valence-electron chi connectivity index (χ1n) is 7.43. The van der Waals surface area contributed by atoms with Crippen molar-refractivity contribution in [1.82, 2.24) is 4.98 Å². The molecule has 23 heavy (non-hydrogen) atoms. The Morgan fingerprint density at radius 3 is 2.70 bits per heavy atom. The first-order chi connectivity index (χ1) is 11.1. The highest BCUT2D eigenvalue weighted by Gasteiger charge is 2.18. The number of hydrogen-bond acceptors (Lipinski definition) is 3. The second kappa shape index (κ2) is 9.33. The van der Waals surface area contributed by atoms with Gasteiger partial charge in [-0.05, 0) is 43.0 Å². The van der Waals surface area contributed by atoms with Crippen LogP contribution in [0.1, 0.15) is 36.5 Å². The fourth-order valence-corrected chi connectivity index (χ4v) is 3.80. The Bertz CT molecular complexity index is 649. The van der Waals surface area contributed by atoms with Crippen molar-refractivity contribution in [2.75, 3.05) is 0 Å². The zero-order chi connectivity index (χ0) is 16.7. The number of thioether (sulfide) groups is 1. The molecule has 2 aromatic rings. The van der Waals surface area contributed by atoms with E-state index in [1.165, 1.54) is 0 Å². The van der Waals surface area contributed by atoms with Crippen LogP contribution in [-0.2, 0) is 5.75 Å². The molecule has 1 N–H and O–H groups in total. The minimum absolute atomic E-state index is 0.285. The summed E-state index contributed by atoms with van der Waals surface area (Å²) in [6.07, 6.45) is 3.55. The third kappa shape index (κ3) is 5.54.